The maximum absolute atomic E-state index is 10.3. The van der Waals surface area contributed by atoms with Crippen molar-refractivity contribution in [3.63, 3.8) is 0 Å². The van der Waals surface area contributed by atoms with Crippen LogP contribution in [0.4, 0.5) is 0 Å². The van der Waals surface area contributed by atoms with Gasteiger partial charge in [0.2, 0.25) is 5.78 Å². The molecule has 3 nitrogen and oxygen atoms in total. The Morgan fingerprint density at radius 1 is 1.56 bits per heavy atom. The molecule has 0 bridgehead atoms. The second-order valence-electron chi connectivity index (χ2n) is 1.56. The molecule has 0 spiro atoms. The standard InChI is InChI=1S/C6H8O3/c1-2-3-4-5(7)6(8)9/h2H,1,3-4H2,(H,8,9). The summed E-state index contributed by atoms with van der Waals surface area (Å²) < 4.78 is 0. The van der Waals surface area contributed by atoms with Gasteiger partial charge in [0.05, 0.1) is 0 Å². The highest BCUT2D eigenvalue weighted by molar-refractivity contribution is 6.32. The number of rotatable bonds is 4. The summed E-state index contributed by atoms with van der Waals surface area (Å²) in [5.74, 6) is -2.12. The van der Waals surface area contributed by atoms with Crippen LogP contribution in [0.25, 0.3) is 0 Å². The molecule has 0 aliphatic heterocycles. The summed E-state index contributed by atoms with van der Waals surface area (Å²) in [6.07, 6.45) is 2.00. The number of carbonyl (C=O) groups is 2. The van der Waals surface area contributed by atoms with E-state index in [1.165, 1.54) is 6.08 Å². The van der Waals surface area contributed by atoms with Crippen LogP contribution in [0.3, 0.4) is 0 Å². The lowest BCUT2D eigenvalue weighted by atomic mass is 10.2. The molecule has 0 aromatic carbocycles. The first-order chi connectivity index (χ1) is 4.18. The number of ketones is 1. The van der Waals surface area contributed by atoms with Gasteiger partial charge in [-0.25, -0.2) is 4.79 Å². The fourth-order valence-corrected chi connectivity index (χ4v) is 0.340. The molecule has 3 heteroatoms. The fourth-order valence-electron chi connectivity index (χ4n) is 0.340. The van der Waals surface area contributed by atoms with Gasteiger partial charge in [-0.15, -0.1) is 6.58 Å². The van der Waals surface area contributed by atoms with Crippen LogP contribution in [-0.2, 0) is 9.59 Å². The van der Waals surface area contributed by atoms with Crippen LogP contribution in [0.5, 0.6) is 0 Å². The van der Waals surface area contributed by atoms with Crippen molar-refractivity contribution in [3.8, 4) is 0 Å². The summed E-state index contributed by atoms with van der Waals surface area (Å²) in [5.41, 5.74) is 0. The summed E-state index contributed by atoms with van der Waals surface area (Å²) in [5, 5.41) is 8.02. The van der Waals surface area contributed by atoms with Crippen LogP contribution in [0.15, 0.2) is 12.7 Å². The quantitative estimate of drug-likeness (QED) is 0.445. The van der Waals surface area contributed by atoms with E-state index in [-0.39, 0.29) is 6.42 Å². The van der Waals surface area contributed by atoms with Crippen LogP contribution >= 0.6 is 0 Å². The Bertz CT molecular complexity index is 137. The Balaban J connectivity index is 3.51. The Morgan fingerprint density at radius 3 is 2.44 bits per heavy atom. The van der Waals surface area contributed by atoms with Gasteiger partial charge in [-0.05, 0) is 6.42 Å². The number of hydrogen-bond acceptors (Lipinski definition) is 2. The molecule has 0 saturated carbocycles. The predicted molar refractivity (Wildman–Crippen MR) is 32.1 cm³/mol. The van der Waals surface area contributed by atoms with Gasteiger partial charge < -0.3 is 5.11 Å². The summed E-state index contributed by atoms with van der Waals surface area (Å²) in [6.45, 7) is 3.35. The molecule has 0 saturated heterocycles. The highest BCUT2D eigenvalue weighted by Crippen LogP contribution is 1.90. The molecule has 50 valence electrons. The van der Waals surface area contributed by atoms with Crippen molar-refractivity contribution in [2.75, 3.05) is 0 Å². The van der Waals surface area contributed by atoms with Gasteiger partial charge in [-0.2, -0.15) is 0 Å². The largest absolute Gasteiger partial charge is 0.476 e. The number of aliphatic carboxylic acids is 1. The third kappa shape index (κ3) is 3.46. The highest BCUT2D eigenvalue weighted by Gasteiger charge is 2.08. The summed E-state index contributed by atoms with van der Waals surface area (Å²) in [4.78, 5) is 20.1. The summed E-state index contributed by atoms with van der Waals surface area (Å²) in [6, 6.07) is 0. The lowest BCUT2D eigenvalue weighted by Gasteiger charge is -1.87. The molecular weight excluding hydrogens is 120 g/mol. The van der Waals surface area contributed by atoms with Gasteiger partial charge in [0.1, 0.15) is 0 Å². The second-order valence-corrected chi connectivity index (χ2v) is 1.56. The topological polar surface area (TPSA) is 54.4 Å². The van der Waals surface area contributed by atoms with Crippen molar-refractivity contribution in [2.24, 2.45) is 0 Å². The molecule has 0 unspecified atom stereocenters. The van der Waals surface area contributed by atoms with Gasteiger partial charge >= 0.3 is 5.97 Å². The minimum atomic E-state index is -1.36. The van der Waals surface area contributed by atoms with Crippen molar-refractivity contribution in [1.29, 1.82) is 0 Å². The number of Topliss-reactive ketones (excluding diaryl/α,β-unsaturated/α-hetero) is 1. The zero-order valence-electron chi connectivity index (χ0n) is 4.96. The summed E-state index contributed by atoms with van der Waals surface area (Å²) in [7, 11) is 0. The van der Waals surface area contributed by atoms with Crippen LogP contribution in [0.2, 0.25) is 0 Å². The molecule has 0 rings (SSSR count). The Morgan fingerprint density at radius 2 is 2.11 bits per heavy atom. The average molecular weight is 128 g/mol. The lowest BCUT2D eigenvalue weighted by molar-refractivity contribution is -0.149. The Kier molecular flexibility index (Phi) is 3.35. The molecule has 0 atom stereocenters. The third-order valence-electron chi connectivity index (χ3n) is 0.814. The SMILES string of the molecule is C=CCCC(=O)C(=O)O. The molecule has 9 heavy (non-hydrogen) atoms. The number of carboxylic acids is 1. The van der Waals surface area contributed by atoms with Gasteiger partial charge in [0.25, 0.3) is 0 Å². The fraction of sp³-hybridized carbons (Fsp3) is 0.333. The Labute approximate surface area is 53.0 Å². The molecule has 0 radical (unpaired) electrons. The molecule has 0 fully saturated rings. The van der Waals surface area contributed by atoms with E-state index in [1.54, 1.807) is 0 Å². The molecule has 0 amide bonds. The maximum atomic E-state index is 10.3. The zero-order chi connectivity index (χ0) is 7.28. The van der Waals surface area contributed by atoms with E-state index in [4.69, 9.17) is 5.11 Å². The van der Waals surface area contributed by atoms with Crippen molar-refractivity contribution in [3.05, 3.63) is 12.7 Å². The molecule has 0 aliphatic carbocycles. The zero-order valence-corrected chi connectivity index (χ0v) is 4.96. The van der Waals surface area contributed by atoms with Crippen LogP contribution in [-0.4, -0.2) is 16.9 Å². The van der Waals surface area contributed by atoms with Crippen molar-refractivity contribution >= 4 is 11.8 Å². The van der Waals surface area contributed by atoms with Crippen LogP contribution in [0, 0.1) is 0 Å². The Hall–Kier alpha value is -1.12. The van der Waals surface area contributed by atoms with Crippen LogP contribution in [0.1, 0.15) is 12.8 Å². The lowest BCUT2D eigenvalue weighted by Crippen LogP contribution is -2.11. The monoisotopic (exact) mass is 128 g/mol. The first-order valence-electron chi connectivity index (χ1n) is 2.55. The number of carbonyl (C=O) groups excluding carboxylic acids is 1. The van der Waals surface area contributed by atoms with E-state index in [0.29, 0.717) is 6.42 Å². The van der Waals surface area contributed by atoms with Crippen molar-refractivity contribution in [2.45, 2.75) is 12.8 Å². The highest BCUT2D eigenvalue weighted by atomic mass is 16.4. The van der Waals surface area contributed by atoms with E-state index in [0.717, 1.165) is 0 Å². The molecule has 0 heterocycles. The third-order valence-corrected chi connectivity index (χ3v) is 0.814. The first kappa shape index (κ1) is 7.88. The van der Waals surface area contributed by atoms with Crippen LogP contribution < -0.4 is 0 Å². The second kappa shape index (κ2) is 3.83. The number of allylic oxidation sites excluding steroid dienone is 1. The molecule has 0 aliphatic rings. The molecule has 1 N–H and O–H groups in total. The van der Waals surface area contributed by atoms with Gasteiger partial charge in [0.15, 0.2) is 0 Å². The molecule has 0 aromatic heterocycles. The van der Waals surface area contributed by atoms with E-state index >= 15 is 0 Å². The normalized spacial score (nSPS) is 8.44. The first-order valence-corrected chi connectivity index (χ1v) is 2.55. The molecular formula is C6H8O3. The minimum Gasteiger partial charge on any atom is -0.476 e. The van der Waals surface area contributed by atoms with E-state index in [2.05, 4.69) is 6.58 Å². The van der Waals surface area contributed by atoms with Crippen molar-refractivity contribution < 1.29 is 14.7 Å². The van der Waals surface area contributed by atoms with E-state index < -0.39 is 11.8 Å². The average Bonchev–Trinajstić information content (AvgIpc) is 1.82. The van der Waals surface area contributed by atoms with Gasteiger partial charge in [0, 0.05) is 6.42 Å². The summed E-state index contributed by atoms with van der Waals surface area (Å²) >= 11 is 0. The van der Waals surface area contributed by atoms with E-state index in [1.807, 2.05) is 0 Å². The van der Waals surface area contributed by atoms with Crippen molar-refractivity contribution in [1.82, 2.24) is 0 Å². The smallest absolute Gasteiger partial charge is 0.372 e. The van der Waals surface area contributed by atoms with Gasteiger partial charge in [-0.3, -0.25) is 4.79 Å². The maximum Gasteiger partial charge on any atom is 0.372 e. The predicted octanol–water partition coefficient (Wildman–Crippen LogP) is 0.606. The molecule has 0 aromatic rings. The van der Waals surface area contributed by atoms with Gasteiger partial charge in [-0.1, -0.05) is 6.08 Å². The van der Waals surface area contributed by atoms with E-state index in [9.17, 15) is 9.59 Å². The minimum absolute atomic E-state index is 0.0544. The number of carboxylic acid groups (broad SMARTS) is 1. The number of hydrogen-bond donors (Lipinski definition) is 1.